The minimum atomic E-state index is -3.27. The number of hydrogen-bond acceptors (Lipinski definition) is 4. The Hall–Kier alpha value is -1.58. The van der Waals surface area contributed by atoms with Crippen LogP contribution in [0.4, 0.5) is 0 Å². The van der Waals surface area contributed by atoms with Gasteiger partial charge in [-0.15, -0.1) is 0 Å². The molecule has 1 aromatic carbocycles. The number of sulfonamides is 1. The summed E-state index contributed by atoms with van der Waals surface area (Å²) in [6, 6.07) is 6.87. The molecule has 6 heteroatoms. The fourth-order valence-corrected chi connectivity index (χ4v) is 3.04. The standard InChI is InChI=1S/C12H14N2O3S/c1-9-8-17-12-5-10(6-13)3-4-11(12)7-14(9)18(2,15)16/h3-5,9H,7-8H2,1-2H3. The van der Waals surface area contributed by atoms with E-state index >= 15 is 0 Å². The lowest BCUT2D eigenvalue weighted by Crippen LogP contribution is -2.39. The van der Waals surface area contributed by atoms with Crippen molar-refractivity contribution in [2.24, 2.45) is 0 Å². The maximum Gasteiger partial charge on any atom is 0.211 e. The Balaban J connectivity index is 2.42. The van der Waals surface area contributed by atoms with Crippen LogP contribution in [-0.4, -0.2) is 31.6 Å². The van der Waals surface area contributed by atoms with E-state index in [0.717, 1.165) is 5.56 Å². The molecule has 18 heavy (non-hydrogen) atoms. The van der Waals surface area contributed by atoms with Crippen LogP contribution in [0.2, 0.25) is 0 Å². The zero-order valence-electron chi connectivity index (χ0n) is 10.3. The lowest BCUT2D eigenvalue weighted by molar-refractivity contribution is 0.234. The molecule has 0 radical (unpaired) electrons. The quantitative estimate of drug-likeness (QED) is 0.763. The molecule has 1 aliphatic rings. The average Bonchev–Trinajstić information content (AvgIpc) is 2.48. The van der Waals surface area contributed by atoms with Gasteiger partial charge in [0.25, 0.3) is 0 Å². The van der Waals surface area contributed by atoms with Gasteiger partial charge >= 0.3 is 0 Å². The van der Waals surface area contributed by atoms with Crippen molar-refractivity contribution >= 4 is 10.0 Å². The Morgan fingerprint density at radius 3 is 2.83 bits per heavy atom. The third kappa shape index (κ3) is 2.47. The van der Waals surface area contributed by atoms with Crippen molar-refractivity contribution in [2.45, 2.75) is 19.5 Å². The van der Waals surface area contributed by atoms with E-state index in [4.69, 9.17) is 10.00 Å². The summed E-state index contributed by atoms with van der Waals surface area (Å²) >= 11 is 0. The summed E-state index contributed by atoms with van der Waals surface area (Å²) in [6.07, 6.45) is 1.19. The van der Waals surface area contributed by atoms with E-state index in [1.807, 2.05) is 6.07 Å². The summed E-state index contributed by atoms with van der Waals surface area (Å²) in [5.74, 6) is 0.590. The second-order valence-corrected chi connectivity index (χ2v) is 6.34. The molecule has 1 unspecified atom stereocenters. The van der Waals surface area contributed by atoms with Crippen molar-refractivity contribution in [1.29, 1.82) is 5.26 Å². The van der Waals surface area contributed by atoms with E-state index in [1.54, 1.807) is 25.1 Å². The van der Waals surface area contributed by atoms with Crippen molar-refractivity contribution < 1.29 is 13.2 Å². The van der Waals surface area contributed by atoms with Gasteiger partial charge in [0.15, 0.2) is 0 Å². The average molecular weight is 266 g/mol. The van der Waals surface area contributed by atoms with Crippen LogP contribution in [0.5, 0.6) is 5.75 Å². The fraction of sp³-hybridized carbons (Fsp3) is 0.417. The zero-order valence-corrected chi connectivity index (χ0v) is 11.1. The Morgan fingerprint density at radius 1 is 1.50 bits per heavy atom. The molecule has 0 bridgehead atoms. The maximum atomic E-state index is 11.7. The third-order valence-electron chi connectivity index (χ3n) is 2.92. The minimum absolute atomic E-state index is 0.224. The molecule has 5 nitrogen and oxygen atoms in total. The molecule has 2 rings (SSSR count). The normalized spacial score (nSPS) is 20.4. The van der Waals surface area contributed by atoms with E-state index in [9.17, 15) is 8.42 Å². The van der Waals surface area contributed by atoms with Crippen LogP contribution < -0.4 is 4.74 Å². The van der Waals surface area contributed by atoms with Crippen LogP contribution >= 0.6 is 0 Å². The summed E-state index contributed by atoms with van der Waals surface area (Å²) in [7, 11) is -3.27. The molecule has 0 N–H and O–H groups in total. The summed E-state index contributed by atoms with van der Waals surface area (Å²) in [5.41, 5.74) is 1.29. The SMILES string of the molecule is CC1COc2cc(C#N)ccc2CN1S(C)(=O)=O. The molecule has 96 valence electrons. The molecule has 1 aliphatic heterocycles. The van der Waals surface area contributed by atoms with E-state index in [1.165, 1.54) is 10.6 Å². The van der Waals surface area contributed by atoms with Crippen LogP contribution in [0.3, 0.4) is 0 Å². The first-order valence-corrected chi connectivity index (χ1v) is 7.39. The molecule has 0 fully saturated rings. The molecule has 0 aromatic heterocycles. The van der Waals surface area contributed by atoms with E-state index < -0.39 is 10.0 Å². The van der Waals surface area contributed by atoms with Gasteiger partial charge in [-0.05, 0) is 19.1 Å². The molecular formula is C12H14N2O3S. The van der Waals surface area contributed by atoms with Gasteiger partial charge in [0.2, 0.25) is 10.0 Å². The number of rotatable bonds is 1. The van der Waals surface area contributed by atoms with Gasteiger partial charge in [0.1, 0.15) is 12.4 Å². The fourth-order valence-electron chi connectivity index (χ4n) is 1.95. The third-order valence-corrected chi connectivity index (χ3v) is 4.26. The molecule has 0 spiro atoms. The lowest BCUT2D eigenvalue weighted by atomic mass is 10.1. The van der Waals surface area contributed by atoms with Crippen molar-refractivity contribution in [3.05, 3.63) is 29.3 Å². The molecule has 1 aromatic rings. The molecule has 1 atom stereocenters. The second kappa shape index (κ2) is 4.59. The maximum absolute atomic E-state index is 11.7. The van der Waals surface area contributed by atoms with Crippen molar-refractivity contribution in [3.8, 4) is 11.8 Å². The van der Waals surface area contributed by atoms with Crippen LogP contribution in [0.15, 0.2) is 18.2 Å². The zero-order chi connectivity index (χ0) is 13.3. The highest BCUT2D eigenvalue weighted by atomic mass is 32.2. The first kappa shape index (κ1) is 12.9. The first-order chi connectivity index (χ1) is 8.41. The molecule has 0 amide bonds. The van der Waals surface area contributed by atoms with Crippen LogP contribution in [0.25, 0.3) is 0 Å². The Kier molecular flexibility index (Phi) is 3.28. The van der Waals surface area contributed by atoms with Crippen LogP contribution in [0.1, 0.15) is 18.1 Å². The molecule has 0 saturated carbocycles. The topological polar surface area (TPSA) is 70.4 Å². The largest absolute Gasteiger partial charge is 0.492 e. The highest BCUT2D eigenvalue weighted by molar-refractivity contribution is 7.88. The first-order valence-electron chi connectivity index (χ1n) is 5.54. The number of nitriles is 1. The smallest absolute Gasteiger partial charge is 0.211 e. The molecule has 0 aliphatic carbocycles. The van der Waals surface area contributed by atoms with Crippen molar-refractivity contribution in [2.75, 3.05) is 12.9 Å². The van der Waals surface area contributed by atoms with E-state index in [0.29, 0.717) is 11.3 Å². The molecular weight excluding hydrogens is 252 g/mol. The van der Waals surface area contributed by atoms with Crippen molar-refractivity contribution in [3.63, 3.8) is 0 Å². The van der Waals surface area contributed by atoms with E-state index in [-0.39, 0.29) is 19.2 Å². The minimum Gasteiger partial charge on any atom is -0.492 e. The number of benzene rings is 1. The van der Waals surface area contributed by atoms with Gasteiger partial charge in [-0.1, -0.05) is 6.07 Å². The monoisotopic (exact) mass is 266 g/mol. The number of nitrogens with zero attached hydrogens (tertiary/aromatic N) is 2. The number of hydrogen-bond donors (Lipinski definition) is 0. The molecule has 1 heterocycles. The molecule has 0 saturated heterocycles. The van der Waals surface area contributed by atoms with Crippen LogP contribution in [0, 0.1) is 11.3 Å². The highest BCUT2D eigenvalue weighted by Crippen LogP contribution is 2.27. The van der Waals surface area contributed by atoms with Crippen molar-refractivity contribution in [1.82, 2.24) is 4.31 Å². The second-order valence-electron chi connectivity index (χ2n) is 4.40. The van der Waals surface area contributed by atoms with Gasteiger partial charge in [-0.3, -0.25) is 0 Å². The van der Waals surface area contributed by atoms with Gasteiger partial charge in [0, 0.05) is 12.1 Å². The Bertz CT molecular complexity index is 604. The van der Waals surface area contributed by atoms with Gasteiger partial charge in [-0.2, -0.15) is 9.57 Å². The Labute approximate surface area is 107 Å². The van der Waals surface area contributed by atoms with E-state index in [2.05, 4.69) is 0 Å². The summed E-state index contributed by atoms with van der Waals surface area (Å²) in [6.45, 7) is 2.37. The van der Waals surface area contributed by atoms with Gasteiger partial charge < -0.3 is 4.74 Å². The van der Waals surface area contributed by atoms with Gasteiger partial charge in [0.05, 0.1) is 23.9 Å². The predicted molar refractivity (Wildman–Crippen MR) is 66.5 cm³/mol. The number of fused-ring (bicyclic) bond motifs is 1. The predicted octanol–water partition coefficient (Wildman–Crippen LogP) is 1.10. The highest BCUT2D eigenvalue weighted by Gasteiger charge is 2.28. The van der Waals surface area contributed by atoms with Gasteiger partial charge in [-0.25, -0.2) is 8.42 Å². The summed E-state index contributed by atoms with van der Waals surface area (Å²) < 4.78 is 30.4. The summed E-state index contributed by atoms with van der Waals surface area (Å²) in [4.78, 5) is 0. The summed E-state index contributed by atoms with van der Waals surface area (Å²) in [5, 5.41) is 8.83. The van der Waals surface area contributed by atoms with Crippen LogP contribution in [-0.2, 0) is 16.6 Å². The Morgan fingerprint density at radius 2 is 2.22 bits per heavy atom. The number of ether oxygens (including phenoxy) is 1. The lowest BCUT2D eigenvalue weighted by Gasteiger charge is -2.23.